The Morgan fingerprint density at radius 2 is 2.05 bits per heavy atom. The number of carbonyl (C=O) groups is 2. The number of fused-ring (bicyclic) bond motifs is 1. The first-order valence-electron chi connectivity index (χ1n) is 6.89. The van der Waals surface area contributed by atoms with Crippen LogP contribution in [0.1, 0.15) is 5.56 Å². The smallest absolute Gasteiger partial charge is 0.311 e. The van der Waals surface area contributed by atoms with Gasteiger partial charge in [0.15, 0.2) is 6.10 Å². The molecule has 2 aliphatic rings. The third kappa shape index (κ3) is 2.47. The zero-order valence-electron chi connectivity index (χ0n) is 11.7. The number of carboxylic acids is 1. The van der Waals surface area contributed by atoms with E-state index in [9.17, 15) is 14.7 Å². The summed E-state index contributed by atoms with van der Waals surface area (Å²) in [5.74, 6) is -1.09. The number of likely N-dealkylation sites (N-methyl/N-ethyl adjacent to an activating group) is 1. The first-order chi connectivity index (χ1) is 10.1. The molecule has 2 heterocycles. The standard InChI is InChI=1S/C15H17NO5/c1-16(11-8-20-7-10(11)15(18)19)14(17)13-6-9-4-2-3-5-12(9)21-13/h2-5,10-11,13H,6-8H2,1H3,(H,18,19). The van der Waals surface area contributed by atoms with Gasteiger partial charge in [-0.25, -0.2) is 0 Å². The summed E-state index contributed by atoms with van der Waals surface area (Å²) >= 11 is 0. The normalized spacial score (nSPS) is 27.0. The second-order valence-corrected chi connectivity index (χ2v) is 5.42. The lowest BCUT2D eigenvalue weighted by Gasteiger charge is -2.28. The molecule has 2 aliphatic heterocycles. The number of aliphatic carboxylic acids is 1. The van der Waals surface area contributed by atoms with Crippen molar-refractivity contribution in [3.05, 3.63) is 29.8 Å². The molecule has 3 unspecified atom stereocenters. The molecule has 6 nitrogen and oxygen atoms in total. The van der Waals surface area contributed by atoms with Gasteiger partial charge in [-0.3, -0.25) is 9.59 Å². The van der Waals surface area contributed by atoms with Gasteiger partial charge in [0.1, 0.15) is 11.7 Å². The third-order valence-electron chi connectivity index (χ3n) is 4.14. The Morgan fingerprint density at radius 3 is 2.76 bits per heavy atom. The predicted molar refractivity (Wildman–Crippen MR) is 73.1 cm³/mol. The molecule has 112 valence electrons. The molecule has 21 heavy (non-hydrogen) atoms. The van der Waals surface area contributed by atoms with Crippen molar-refractivity contribution >= 4 is 11.9 Å². The molecule has 1 aromatic rings. The van der Waals surface area contributed by atoms with Crippen molar-refractivity contribution in [3.8, 4) is 5.75 Å². The molecule has 0 aliphatic carbocycles. The summed E-state index contributed by atoms with van der Waals surface area (Å²) in [6, 6.07) is 7.09. The van der Waals surface area contributed by atoms with Crippen molar-refractivity contribution in [1.82, 2.24) is 4.90 Å². The number of para-hydroxylation sites is 1. The minimum atomic E-state index is -0.937. The molecule has 0 saturated carbocycles. The lowest BCUT2D eigenvalue weighted by Crippen LogP contribution is -2.49. The van der Waals surface area contributed by atoms with Crippen LogP contribution >= 0.6 is 0 Å². The SMILES string of the molecule is CN(C(=O)C1Cc2ccccc2O1)C1COCC1C(=O)O. The van der Waals surface area contributed by atoms with E-state index in [0.29, 0.717) is 6.42 Å². The molecule has 3 atom stereocenters. The van der Waals surface area contributed by atoms with E-state index in [1.54, 1.807) is 7.05 Å². The molecular weight excluding hydrogens is 274 g/mol. The number of nitrogens with zero attached hydrogens (tertiary/aromatic N) is 1. The molecule has 0 aromatic heterocycles. The van der Waals surface area contributed by atoms with Gasteiger partial charge >= 0.3 is 5.97 Å². The molecule has 3 rings (SSSR count). The molecular formula is C15H17NO5. The highest BCUT2D eigenvalue weighted by atomic mass is 16.5. The molecule has 1 fully saturated rings. The van der Waals surface area contributed by atoms with E-state index < -0.39 is 24.0 Å². The lowest BCUT2D eigenvalue weighted by molar-refractivity contribution is -0.146. The molecule has 6 heteroatoms. The second kappa shape index (κ2) is 5.37. The van der Waals surface area contributed by atoms with Crippen LogP contribution in [-0.4, -0.2) is 54.3 Å². The average molecular weight is 291 g/mol. The molecule has 0 bridgehead atoms. The number of benzene rings is 1. The Bertz CT molecular complexity index is 548. The Balaban J connectivity index is 1.70. The van der Waals surface area contributed by atoms with E-state index in [1.165, 1.54) is 4.90 Å². The summed E-state index contributed by atoms with van der Waals surface area (Å²) in [6.07, 6.45) is -0.0626. The van der Waals surface area contributed by atoms with Crippen LogP contribution in [0.15, 0.2) is 24.3 Å². The van der Waals surface area contributed by atoms with Gasteiger partial charge in [0.05, 0.1) is 19.3 Å². The van der Waals surface area contributed by atoms with Gasteiger partial charge in [0.25, 0.3) is 5.91 Å². The maximum atomic E-state index is 12.5. The third-order valence-corrected chi connectivity index (χ3v) is 4.14. The highest BCUT2D eigenvalue weighted by Crippen LogP contribution is 2.30. The lowest BCUT2D eigenvalue weighted by atomic mass is 10.0. The van der Waals surface area contributed by atoms with Crippen molar-refractivity contribution in [2.75, 3.05) is 20.3 Å². The summed E-state index contributed by atoms with van der Waals surface area (Å²) in [5, 5.41) is 9.17. The van der Waals surface area contributed by atoms with Crippen molar-refractivity contribution < 1.29 is 24.2 Å². The zero-order valence-corrected chi connectivity index (χ0v) is 11.7. The van der Waals surface area contributed by atoms with Crippen molar-refractivity contribution in [2.45, 2.75) is 18.6 Å². The van der Waals surface area contributed by atoms with E-state index in [2.05, 4.69) is 0 Å². The number of carbonyl (C=O) groups excluding carboxylic acids is 1. The van der Waals surface area contributed by atoms with E-state index in [1.807, 2.05) is 24.3 Å². The number of hydrogen-bond donors (Lipinski definition) is 1. The van der Waals surface area contributed by atoms with E-state index in [-0.39, 0.29) is 19.1 Å². The van der Waals surface area contributed by atoms with E-state index in [4.69, 9.17) is 9.47 Å². The number of carboxylic acid groups (broad SMARTS) is 1. The number of hydrogen-bond acceptors (Lipinski definition) is 4. The predicted octanol–water partition coefficient (Wildman–Crippen LogP) is 0.548. The number of rotatable bonds is 3. The van der Waals surface area contributed by atoms with E-state index >= 15 is 0 Å². The van der Waals surface area contributed by atoms with Crippen LogP contribution in [0.25, 0.3) is 0 Å². The molecule has 1 saturated heterocycles. The van der Waals surface area contributed by atoms with Crippen LogP contribution < -0.4 is 4.74 Å². The van der Waals surface area contributed by atoms with Crippen LogP contribution in [0.3, 0.4) is 0 Å². The monoisotopic (exact) mass is 291 g/mol. The Labute approximate surface area is 122 Å². The second-order valence-electron chi connectivity index (χ2n) is 5.42. The largest absolute Gasteiger partial charge is 0.481 e. The van der Waals surface area contributed by atoms with E-state index in [0.717, 1.165) is 11.3 Å². The van der Waals surface area contributed by atoms with Gasteiger partial charge < -0.3 is 19.5 Å². The van der Waals surface area contributed by atoms with Gasteiger partial charge in [-0.15, -0.1) is 0 Å². The Kier molecular flexibility index (Phi) is 3.55. The highest BCUT2D eigenvalue weighted by molar-refractivity contribution is 5.83. The topological polar surface area (TPSA) is 76.1 Å². The number of ether oxygens (including phenoxy) is 2. The number of amides is 1. The minimum absolute atomic E-state index is 0.142. The fraction of sp³-hybridized carbons (Fsp3) is 0.467. The van der Waals surface area contributed by atoms with Gasteiger partial charge in [-0.1, -0.05) is 18.2 Å². The highest BCUT2D eigenvalue weighted by Gasteiger charge is 2.41. The van der Waals surface area contributed by atoms with Gasteiger partial charge in [-0.2, -0.15) is 0 Å². The van der Waals surface area contributed by atoms with Crippen LogP contribution in [0, 0.1) is 5.92 Å². The van der Waals surface area contributed by atoms with Gasteiger partial charge in [0, 0.05) is 13.5 Å². The van der Waals surface area contributed by atoms with Crippen LogP contribution in [0.5, 0.6) is 5.75 Å². The molecule has 1 amide bonds. The summed E-state index contributed by atoms with van der Waals surface area (Å²) < 4.78 is 10.9. The zero-order chi connectivity index (χ0) is 15.0. The fourth-order valence-electron chi connectivity index (χ4n) is 2.87. The quantitative estimate of drug-likeness (QED) is 0.880. The molecule has 0 radical (unpaired) electrons. The Hall–Kier alpha value is -2.08. The van der Waals surface area contributed by atoms with Crippen LogP contribution in [-0.2, 0) is 20.7 Å². The molecule has 1 N–H and O–H groups in total. The van der Waals surface area contributed by atoms with Crippen molar-refractivity contribution in [2.24, 2.45) is 5.92 Å². The maximum Gasteiger partial charge on any atom is 0.311 e. The van der Waals surface area contributed by atoms with Crippen LogP contribution in [0.2, 0.25) is 0 Å². The van der Waals surface area contributed by atoms with Crippen LogP contribution in [0.4, 0.5) is 0 Å². The van der Waals surface area contributed by atoms with Crippen molar-refractivity contribution in [3.63, 3.8) is 0 Å². The Morgan fingerprint density at radius 1 is 1.29 bits per heavy atom. The summed E-state index contributed by atoms with van der Waals surface area (Å²) in [5.41, 5.74) is 1.00. The fourth-order valence-corrected chi connectivity index (χ4v) is 2.87. The van der Waals surface area contributed by atoms with Gasteiger partial charge in [0.2, 0.25) is 0 Å². The maximum absolute atomic E-state index is 12.5. The summed E-state index contributed by atoms with van der Waals surface area (Å²) in [6.45, 7) is 0.391. The first-order valence-corrected chi connectivity index (χ1v) is 6.89. The minimum Gasteiger partial charge on any atom is -0.481 e. The van der Waals surface area contributed by atoms with Gasteiger partial charge in [-0.05, 0) is 11.6 Å². The van der Waals surface area contributed by atoms with Crippen molar-refractivity contribution in [1.29, 1.82) is 0 Å². The summed E-state index contributed by atoms with van der Waals surface area (Å²) in [7, 11) is 1.62. The first kappa shape index (κ1) is 13.9. The molecule has 1 aromatic carbocycles. The average Bonchev–Trinajstić information content (AvgIpc) is 3.11. The summed E-state index contributed by atoms with van der Waals surface area (Å²) in [4.78, 5) is 25.2. The molecule has 0 spiro atoms.